The minimum atomic E-state index is -0.354. The lowest BCUT2D eigenvalue weighted by Gasteiger charge is -2.25. The Morgan fingerprint density at radius 3 is 2.75 bits per heavy atom. The summed E-state index contributed by atoms with van der Waals surface area (Å²) >= 11 is 11.8. The normalized spacial score (nSPS) is 20.3. The van der Waals surface area contributed by atoms with Crippen molar-refractivity contribution in [3.63, 3.8) is 0 Å². The summed E-state index contributed by atoms with van der Waals surface area (Å²) in [7, 11) is 0. The Labute approximate surface area is 109 Å². The molecule has 0 unspecified atom stereocenters. The van der Waals surface area contributed by atoms with E-state index in [1.807, 2.05) is 0 Å². The predicted octanol–water partition coefficient (Wildman–Crippen LogP) is 3.22. The first-order chi connectivity index (χ1) is 7.20. The van der Waals surface area contributed by atoms with Crippen LogP contribution in [0.2, 0.25) is 10.0 Å². The van der Waals surface area contributed by atoms with E-state index in [0.29, 0.717) is 30.3 Å². The average molecular weight is 287 g/mol. The zero-order chi connectivity index (χ0) is 10.8. The van der Waals surface area contributed by atoms with Gasteiger partial charge in [-0.05, 0) is 12.1 Å². The summed E-state index contributed by atoms with van der Waals surface area (Å²) in [6.45, 7) is 1.74. The van der Waals surface area contributed by atoms with Crippen LogP contribution in [0.5, 0.6) is 0 Å². The van der Waals surface area contributed by atoms with Gasteiger partial charge in [-0.25, -0.2) is 4.39 Å². The van der Waals surface area contributed by atoms with Gasteiger partial charge in [0.2, 0.25) is 0 Å². The van der Waals surface area contributed by atoms with Crippen molar-refractivity contribution in [1.82, 2.24) is 5.32 Å². The minimum absolute atomic E-state index is 0. The van der Waals surface area contributed by atoms with Crippen LogP contribution in [0.3, 0.4) is 0 Å². The molecule has 1 heterocycles. The molecule has 2 rings (SSSR count). The molecule has 1 aromatic rings. The second kappa shape index (κ2) is 6.03. The van der Waals surface area contributed by atoms with Crippen LogP contribution in [0.25, 0.3) is 0 Å². The number of morpholine rings is 1. The molecule has 0 spiro atoms. The number of halogens is 4. The topological polar surface area (TPSA) is 21.3 Å². The second-order valence-corrected chi connectivity index (χ2v) is 4.12. The minimum Gasteiger partial charge on any atom is -0.378 e. The number of rotatable bonds is 1. The highest BCUT2D eigenvalue weighted by molar-refractivity contribution is 6.42. The van der Waals surface area contributed by atoms with E-state index >= 15 is 0 Å². The van der Waals surface area contributed by atoms with E-state index in [2.05, 4.69) is 5.32 Å². The van der Waals surface area contributed by atoms with E-state index in [1.165, 1.54) is 12.1 Å². The van der Waals surface area contributed by atoms with Gasteiger partial charge in [-0.2, -0.15) is 0 Å². The number of benzene rings is 1. The Kier molecular flexibility index (Phi) is 5.28. The maximum Gasteiger partial charge on any atom is 0.129 e. The summed E-state index contributed by atoms with van der Waals surface area (Å²) in [5, 5.41) is 3.76. The van der Waals surface area contributed by atoms with Crippen LogP contribution in [0, 0.1) is 5.82 Å². The van der Waals surface area contributed by atoms with E-state index in [0.717, 1.165) is 0 Å². The summed E-state index contributed by atoms with van der Waals surface area (Å²) in [4.78, 5) is 0. The second-order valence-electron chi connectivity index (χ2n) is 3.34. The number of ether oxygens (including phenoxy) is 1. The van der Waals surface area contributed by atoms with Crippen LogP contribution < -0.4 is 5.32 Å². The van der Waals surface area contributed by atoms with Gasteiger partial charge in [-0.1, -0.05) is 23.2 Å². The fourth-order valence-electron chi connectivity index (χ4n) is 1.61. The van der Waals surface area contributed by atoms with Crippen molar-refractivity contribution in [2.24, 2.45) is 0 Å². The van der Waals surface area contributed by atoms with Gasteiger partial charge in [0.1, 0.15) is 5.82 Å². The van der Waals surface area contributed by atoms with Crippen LogP contribution in [0.4, 0.5) is 4.39 Å². The standard InChI is InChI=1S/C10H10Cl2FNO.ClH/c11-6-1-2-7(13)9(10(6)12)8-5-15-4-3-14-8;/h1-2,8,14H,3-5H2;1H/t8-;/m1./s1. The molecule has 1 aromatic carbocycles. The van der Waals surface area contributed by atoms with Gasteiger partial charge in [-0.3, -0.25) is 0 Å². The van der Waals surface area contributed by atoms with Crippen LogP contribution in [0.1, 0.15) is 11.6 Å². The summed E-state index contributed by atoms with van der Waals surface area (Å²) in [6.07, 6.45) is 0. The van der Waals surface area contributed by atoms with Crippen molar-refractivity contribution in [3.8, 4) is 0 Å². The first-order valence-electron chi connectivity index (χ1n) is 4.64. The van der Waals surface area contributed by atoms with Gasteiger partial charge in [0.25, 0.3) is 0 Å². The fourth-order valence-corrected chi connectivity index (χ4v) is 2.06. The van der Waals surface area contributed by atoms with E-state index in [4.69, 9.17) is 27.9 Å². The van der Waals surface area contributed by atoms with Crippen LogP contribution in [-0.2, 0) is 4.74 Å². The molecular weight excluding hydrogens is 275 g/mol. The molecule has 1 saturated heterocycles. The molecule has 0 saturated carbocycles. The van der Waals surface area contributed by atoms with Gasteiger partial charge < -0.3 is 10.1 Å². The van der Waals surface area contributed by atoms with Gasteiger partial charge in [0.15, 0.2) is 0 Å². The molecule has 1 aliphatic heterocycles. The Morgan fingerprint density at radius 2 is 2.12 bits per heavy atom. The number of nitrogens with one attached hydrogen (secondary N) is 1. The Bertz CT molecular complexity index is 369. The van der Waals surface area contributed by atoms with Gasteiger partial charge in [-0.15, -0.1) is 12.4 Å². The molecule has 1 aliphatic rings. The largest absolute Gasteiger partial charge is 0.378 e. The smallest absolute Gasteiger partial charge is 0.129 e. The van der Waals surface area contributed by atoms with Gasteiger partial charge >= 0.3 is 0 Å². The van der Waals surface area contributed by atoms with Crippen molar-refractivity contribution in [2.75, 3.05) is 19.8 Å². The Balaban J connectivity index is 0.00000128. The molecule has 0 radical (unpaired) electrons. The van der Waals surface area contributed by atoms with E-state index in [9.17, 15) is 4.39 Å². The van der Waals surface area contributed by atoms with Crippen LogP contribution in [-0.4, -0.2) is 19.8 Å². The van der Waals surface area contributed by atoms with Crippen molar-refractivity contribution < 1.29 is 9.13 Å². The molecule has 2 nitrogen and oxygen atoms in total. The number of hydrogen-bond acceptors (Lipinski definition) is 2. The van der Waals surface area contributed by atoms with Crippen molar-refractivity contribution >= 4 is 35.6 Å². The predicted molar refractivity (Wildman–Crippen MR) is 65.2 cm³/mol. The van der Waals surface area contributed by atoms with Crippen LogP contribution in [0.15, 0.2) is 12.1 Å². The molecule has 1 N–H and O–H groups in total. The first kappa shape index (κ1) is 14.0. The average Bonchev–Trinajstić information content (AvgIpc) is 2.26. The highest BCUT2D eigenvalue weighted by Gasteiger charge is 2.22. The molecule has 0 aromatic heterocycles. The molecule has 90 valence electrons. The summed E-state index contributed by atoms with van der Waals surface area (Å²) in [6, 6.07) is 2.55. The molecule has 16 heavy (non-hydrogen) atoms. The zero-order valence-electron chi connectivity index (χ0n) is 8.30. The lowest BCUT2D eigenvalue weighted by Crippen LogP contribution is -2.35. The Hall–Kier alpha value is -0.0600. The summed E-state index contributed by atoms with van der Waals surface area (Å²) < 4.78 is 18.8. The molecule has 0 bridgehead atoms. The SMILES string of the molecule is Cl.Fc1ccc(Cl)c(Cl)c1[C@H]1COCCN1. The lowest BCUT2D eigenvalue weighted by atomic mass is 10.1. The fraction of sp³-hybridized carbons (Fsp3) is 0.400. The summed E-state index contributed by atoms with van der Waals surface area (Å²) in [5.41, 5.74) is 0.392. The van der Waals surface area contributed by atoms with Crippen molar-refractivity contribution in [3.05, 3.63) is 33.6 Å². The third-order valence-corrected chi connectivity index (χ3v) is 3.17. The maximum absolute atomic E-state index is 13.6. The first-order valence-corrected chi connectivity index (χ1v) is 5.40. The van der Waals surface area contributed by atoms with Gasteiger partial charge in [0.05, 0.1) is 29.3 Å². The third-order valence-electron chi connectivity index (χ3n) is 2.35. The molecule has 6 heteroatoms. The molecule has 1 atom stereocenters. The zero-order valence-corrected chi connectivity index (χ0v) is 10.6. The number of hydrogen-bond donors (Lipinski definition) is 1. The highest BCUT2D eigenvalue weighted by Crippen LogP contribution is 2.32. The summed E-state index contributed by atoms with van der Waals surface area (Å²) in [5.74, 6) is -0.354. The molecule has 1 fully saturated rings. The maximum atomic E-state index is 13.6. The third kappa shape index (κ3) is 2.79. The van der Waals surface area contributed by atoms with Crippen molar-refractivity contribution in [1.29, 1.82) is 0 Å². The monoisotopic (exact) mass is 285 g/mol. The highest BCUT2D eigenvalue weighted by atomic mass is 35.5. The van der Waals surface area contributed by atoms with E-state index < -0.39 is 0 Å². The molecular formula is C10H11Cl3FNO. The van der Waals surface area contributed by atoms with Crippen LogP contribution >= 0.6 is 35.6 Å². The van der Waals surface area contributed by atoms with E-state index in [1.54, 1.807) is 0 Å². The molecule has 0 amide bonds. The molecule has 0 aliphatic carbocycles. The van der Waals surface area contributed by atoms with Gasteiger partial charge in [0, 0.05) is 12.1 Å². The quantitative estimate of drug-likeness (QED) is 0.801. The lowest BCUT2D eigenvalue weighted by molar-refractivity contribution is 0.0758. The van der Waals surface area contributed by atoms with Crippen molar-refractivity contribution in [2.45, 2.75) is 6.04 Å². The van der Waals surface area contributed by atoms with E-state index in [-0.39, 0.29) is 29.3 Å². The Morgan fingerprint density at radius 1 is 1.38 bits per heavy atom.